The van der Waals surface area contributed by atoms with Gasteiger partial charge in [-0.05, 0) is 58.5 Å². The second-order valence-electron chi connectivity index (χ2n) is 6.55. The van der Waals surface area contributed by atoms with Gasteiger partial charge in [0.1, 0.15) is 0 Å². The molecule has 0 aliphatic heterocycles. The molecule has 2 N–H and O–H groups in total. The van der Waals surface area contributed by atoms with Gasteiger partial charge in [-0.15, -0.1) is 0 Å². The maximum Gasteiger partial charge on any atom is 0.329 e. The lowest BCUT2D eigenvalue weighted by Gasteiger charge is -2.21. The average molecular weight is 411 g/mol. The summed E-state index contributed by atoms with van der Waals surface area (Å²) in [5, 5.41) is 7.27. The molecule has 0 aliphatic carbocycles. The lowest BCUT2D eigenvalue weighted by atomic mass is 9.92. The van der Waals surface area contributed by atoms with Crippen molar-refractivity contribution in [2.75, 3.05) is 11.1 Å². The van der Waals surface area contributed by atoms with E-state index in [1.165, 1.54) is 11.3 Å². The second-order valence-corrected chi connectivity index (χ2v) is 8.55. The van der Waals surface area contributed by atoms with Crippen molar-refractivity contribution < 1.29 is 9.59 Å². The van der Waals surface area contributed by atoms with Crippen LogP contribution in [-0.2, 0) is 0 Å². The number of nitrogens with one attached hydrogen (secondary N) is 2. The van der Waals surface area contributed by atoms with E-state index in [0.29, 0.717) is 10.6 Å². The SMILES string of the molecule is CC(C)c1cc(Cl)cc(C(C)C)c1NC(=O)NSCC(=O)c1ccsc1. The number of thiophene rings is 1. The van der Waals surface area contributed by atoms with E-state index in [2.05, 4.69) is 37.7 Å². The third-order valence-electron chi connectivity index (χ3n) is 3.86. The van der Waals surface area contributed by atoms with E-state index >= 15 is 0 Å². The lowest BCUT2D eigenvalue weighted by Crippen LogP contribution is -2.25. The van der Waals surface area contributed by atoms with Crippen LogP contribution < -0.4 is 10.0 Å². The number of halogens is 1. The molecule has 0 saturated heterocycles. The van der Waals surface area contributed by atoms with E-state index in [1.807, 2.05) is 17.5 Å². The van der Waals surface area contributed by atoms with Crippen LogP contribution in [0.5, 0.6) is 0 Å². The molecule has 2 aromatic rings. The number of carbonyl (C=O) groups excluding carboxylic acids is 2. The fraction of sp³-hybridized carbons (Fsp3) is 0.368. The Morgan fingerprint density at radius 1 is 1.15 bits per heavy atom. The number of anilines is 1. The number of hydrogen-bond donors (Lipinski definition) is 2. The van der Waals surface area contributed by atoms with Crippen LogP contribution >= 0.6 is 34.9 Å². The van der Waals surface area contributed by atoms with Gasteiger partial charge in [-0.25, -0.2) is 4.79 Å². The van der Waals surface area contributed by atoms with Crippen molar-refractivity contribution in [3.8, 4) is 0 Å². The van der Waals surface area contributed by atoms with Crippen molar-refractivity contribution in [2.45, 2.75) is 39.5 Å². The van der Waals surface area contributed by atoms with Crippen molar-refractivity contribution in [3.63, 3.8) is 0 Å². The van der Waals surface area contributed by atoms with Gasteiger partial charge >= 0.3 is 6.03 Å². The molecule has 0 aliphatic rings. The van der Waals surface area contributed by atoms with Crippen molar-refractivity contribution >= 4 is 52.4 Å². The van der Waals surface area contributed by atoms with Gasteiger partial charge in [-0.1, -0.05) is 39.3 Å². The highest BCUT2D eigenvalue weighted by atomic mass is 35.5. The summed E-state index contributed by atoms with van der Waals surface area (Å²) in [6.45, 7) is 8.25. The minimum absolute atomic E-state index is 0.00576. The van der Waals surface area contributed by atoms with E-state index in [-0.39, 0.29) is 29.4 Å². The van der Waals surface area contributed by atoms with Gasteiger partial charge in [0.05, 0.1) is 5.75 Å². The first-order valence-corrected chi connectivity index (χ1v) is 10.7. The van der Waals surface area contributed by atoms with Crippen LogP contribution in [0.2, 0.25) is 5.02 Å². The van der Waals surface area contributed by atoms with E-state index in [9.17, 15) is 9.59 Å². The summed E-state index contributed by atoms with van der Waals surface area (Å²) in [6.07, 6.45) is 0. The van der Waals surface area contributed by atoms with Crippen molar-refractivity contribution in [2.24, 2.45) is 0 Å². The summed E-state index contributed by atoms with van der Waals surface area (Å²) < 4.78 is 2.69. The summed E-state index contributed by atoms with van der Waals surface area (Å²) in [5.74, 6) is 0.621. The Morgan fingerprint density at radius 2 is 1.77 bits per heavy atom. The largest absolute Gasteiger partial charge is 0.329 e. The maximum atomic E-state index is 12.3. The van der Waals surface area contributed by atoms with Gasteiger partial charge in [0, 0.05) is 21.7 Å². The summed E-state index contributed by atoms with van der Waals surface area (Å²) in [7, 11) is 0. The Balaban J connectivity index is 2.05. The quantitative estimate of drug-likeness (QED) is 0.415. The lowest BCUT2D eigenvalue weighted by molar-refractivity contribution is 0.102. The Bertz CT molecular complexity index is 745. The zero-order chi connectivity index (χ0) is 19.3. The number of ketones is 1. The predicted molar refractivity (Wildman–Crippen MR) is 113 cm³/mol. The van der Waals surface area contributed by atoms with Crippen LogP contribution in [-0.4, -0.2) is 17.6 Å². The minimum Gasteiger partial charge on any atom is -0.307 e. The molecule has 0 unspecified atom stereocenters. The van der Waals surface area contributed by atoms with Crippen LogP contribution in [0.4, 0.5) is 10.5 Å². The zero-order valence-electron chi connectivity index (χ0n) is 15.3. The van der Waals surface area contributed by atoms with E-state index in [0.717, 1.165) is 28.8 Å². The summed E-state index contributed by atoms with van der Waals surface area (Å²) >= 11 is 8.81. The highest BCUT2D eigenvalue weighted by Gasteiger charge is 2.18. The van der Waals surface area contributed by atoms with Crippen LogP contribution in [0.25, 0.3) is 0 Å². The topological polar surface area (TPSA) is 58.2 Å². The van der Waals surface area contributed by atoms with Gasteiger partial charge in [0.25, 0.3) is 0 Å². The zero-order valence-corrected chi connectivity index (χ0v) is 17.6. The molecule has 2 rings (SSSR count). The molecule has 0 fully saturated rings. The Morgan fingerprint density at radius 3 is 2.27 bits per heavy atom. The molecule has 0 spiro atoms. The Kier molecular flexibility index (Phi) is 7.55. The molecule has 0 saturated carbocycles. The second kappa shape index (κ2) is 9.44. The molecule has 1 aromatic heterocycles. The molecule has 4 nitrogen and oxygen atoms in total. The van der Waals surface area contributed by atoms with E-state index in [4.69, 9.17) is 11.6 Å². The molecule has 1 aromatic carbocycles. The highest BCUT2D eigenvalue weighted by molar-refractivity contribution is 7.98. The molecule has 26 heavy (non-hydrogen) atoms. The standard InChI is InChI=1S/C19H23ClN2O2S2/c1-11(2)15-7-14(20)8-16(12(3)4)18(15)21-19(24)22-26-10-17(23)13-5-6-25-9-13/h5-9,11-12H,10H2,1-4H3,(H2,21,22,24). The van der Waals surface area contributed by atoms with Crippen LogP contribution in [0.3, 0.4) is 0 Å². The fourth-order valence-electron chi connectivity index (χ4n) is 2.52. The number of benzene rings is 1. The molecule has 2 amide bonds. The van der Waals surface area contributed by atoms with Gasteiger partial charge in [-0.2, -0.15) is 11.3 Å². The molecule has 0 atom stereocenters. The van der Waals surface area contributed by atoms with E-state index in [1.54, 1.807) is 11.4 Å². The molecule has 0 bridgehead atoms. The van der Waals surface area contributed by atoms with Crippen molar-refractivity contribution in [1.29, 1.82) is 0 Å². The predicted octanol–water partition coefficient (Wildman–Crippen LogP) is 6.30. The van der Waals surface area contributed by atoms with Crippen LogP contribution in [0.1, 0.15) is 61.0 Å². The van der Waals surface area contributed by atoms with Crippen LogP contribution in [0, 0.1) is 0 Å². The molecule has 140 valence electrons. The molecule has 7 heteroatoms. The van der Waals surface area contributed by atoms with Crippen LogP contribution in [0.15, 0.2) is 29.0 Å². The number of Topliss-reactive ketones (excluding diaryl/α,β-unsaturated/α-hetero) is 1. The van der Waals surface area contributed by atoms with Gasteiger partial charge in [0.2, 0.25) is 0 Å². The number of amides is 2. The number of hydrogen-bond acceptors (Lipinski definition) is 4. The average Bonchev–Trinajstić information content (AvgIpc) is 3.10. The first-order chi connectivity index (χ1) is 12.3. The number of rotatable bonds is 7. The molecular weight excluding hydrogens is 388 g/mol. The number of urea groups is 1. The monoisotopic (exact) mass is 410 g/mol. The Hall–Kier alpha value is -1.50. The normalized spacial score (nSPS) is 11.0. The third-order valence-corrected chi connectivity index (χ3v) is 5.50. The summed E-state index contributed by atoms with van der Waals surface area (Å²) in [6, 6.07) is 5.21. The molecule has 0 radical (unpaired) electrons. The third kappa shape index (κ3) is 5.50. The summed E-state index contributed by atoms with van der Waals surface area (Å²) in [5.41, 5.74) is 3.46. The summed E-state index contributed by atoms with van der Waals surface area (Å²) in [4.78, 5) is 24.3. The van der Waals surface area contributed by atoms with E-state index < -0.39 is 0 Å². The van der Waals surface area contributed by atoms with Crippen molar-refractivity contribution in [3.05, 3.63) is 50.7 Å². The maximum absolute atomic E-state index is 12.3. The van der Waals surface area contributed by atoms with Gasteiger partial charge in [0.15, 0.2) is 5.78 Å². The fourth-order valence-corrected chi connectivity index (χ4v) is 3.97. The number of carbonyl (C=O) groups is 2. The highest BCUT2D eigenvalue weighted by Crippen LogP contribution is 2.35. The van der Waals surface area contributed by atoms with Gasteiger partial charge in [-0.3, -0.25) is 9.52 Å². The Labute approximate surface area is 167 Å². The first-order valence-electron chi connectivity index (χ1n) is 8.37. The van der Waals surface area contributed by atoms with Crippen molar-refractivity contribution in [1.82, 2.24) is 4.72 Å². The minimum atomic E-state index is -0.348. The smallest absolute Gasteiger partial charge is 0.307 e. The first kappa shape index (κ1) is 20.8. The molecule has 1 heterocycles. The molecular formula is C19H23ClN2O2S2. The van der Waals surface area contributed by atoms with Gasteiger partial charge < -0.3 is 5.32 Å².